The number of nitrogens with one attached hydrogen (secondary N) is 1. The summed E-state index contributed by atoms with van der Waals surface area (Å²) in [6.07, 6.45) is 5.55. The lowest BCUT2D eigenvalue weighted by Crippen LogP contribution is -2.42. The van der Waals surface area contributed by atoms with Gasteiger partial charge in [-0.15, -0.1) is 5.10 Å². The number of nitrogens with two attached hydrogens (primary N) is 1. The Hall–Kier alpha value is -1.54. The Morgan fingerprint density at radius 2 is 2.42 bits per heavy atom. The van der Waals surface area contributed by atoms with Gasteiger partial charge in [0.2, 0.25) is 5.82 Å². The molecule has 1 aliphatic carbocycles. The normalized spacial score (nSPS) is 16.5. The molecule has 7 nitrogen and oxygen atoms in total. The standard InChI is InChI=1S/C11H13BrN6O/c12-7-4-14-11-16-9(17-18(11)5-7)10(19)15-8(3-13)6-1-2-6/h4-6,8H,1-3,13H2,(H,15,19). The predicted molar refractivity (Wildman–Crippen MR) is 71.5 cm³/mol. The van der Waals surface area contributed by atoms with Crippen LogP contribution in [0.3, 0.4) is 0 Å². The number of carbonyl (C=O) groups is 1. The zero-order valence-electron chi connectivity index (χ0n) is 10.1. The fraction of sp³-hybridized carbons (Fsp3) is 0.455. The van der Waals surface area contributed by atoms with Crippen molar-refractivity contribution in [1.29, 1.82) is 0 Å². The first kappa shape index (κ1) is 12.5. The molecule has 0 aliphatic heterocycles. The zero-order chi connectivity index (χ0) is 13.4. The third-order valence-electron chi connectivity index (χ3n) is 3.13. The van der Waals surface area contributed by atoms with E-state index in [2.05, 4.69) is 36.3 Å². The van der Waals surface area contributed by atoms with Gasteiger partial charge in [-0.1, -0.05) is 0 Å². The molecule has 0 radical (unpaired) electrons. The van der Waals surface area contributed by atoms with E-state index >= 15 is 0 Å². The third kappa shape index (κ3) is 2.59. The van der Waals surface area contributed by atoms with Gasteiger partial charge in [-0.05, 0) is 34.7 Å². The molecule has 0 spiro atoms. The van der Waals surface area contributed by atoms with Crippen molar-refractivity contribution in [3.63, 3.8) is 0 Å². The monoisotopic (exact) mass is 324 g/mol. The van der Waals surface area contributed by atoms with E-state index in [4.69, 9.17) is 5.73 Å². The Kier molecular flexibility index (Phi) is 3.19. The molecule has 0 bridgehead atoms. The van der Waals surface area contributed by atoms with Crippen LogP contribution < -0.4 is 11.1 Å². The number of hydrogen-bond donors (Lipinski definition) is 2. The molecule has 1 amide bonds. The predicted octanol–water partition coefficient (Wildman–Crippen LogP) is 0.354. The van der Waals surface area contributed by atoms with Crippen LogP contribution >= 0.6 is 15.9 Å². The molecule has 0 aromatic carbocycles. The maximum absolute atomic E-state index is 12.1. The molecular formula is C11H13BrN6O. The quantitative estimate of drug-likeness (QED) is 0.845. The van der Waals surface area contributed by atoms with Gasteiger partial charge in [0.15, 0.2) is 0 Å². The smallest absolute Gasteiger partial charge is 0.291 e. The molecule has 2 heterocycles. The molecule has 100 valence electrons. The molecule has 3 N–H and O–H groups in total. The summed E-state index contributed by atoms with van der Waals surface area (Å²) in [5, 5.41) is 6.98. The zero-order valence-corrected chi connectivity index (χ0v) is 11.7. The minimum Gasteiger partial charge on any atom is -0.345 e. The largest absolute Gasteiger partial charge is 0.345 e. The lowest BCUT2D eigenvalue weighted by atomic mass is 10.2. The summed E-state index contributed by atoms with van der Waals surface area (Å²) in [6, 6.07) is 0.0128. The van der Waals surface area contributed by atoms with E-state index in [1.807, 2.05) is 0 Å². The van der Waals surface area contributed by atoms with Crippen LogP contribution in [0.5, 0.6) is 0 Å². The lowest BCUT2D eigenvalue weighted by Gasteiger charge is -2.14. The highest BCUT2D eigenvalue weighted by Gasteiger charge is 2.32. The SMILES string of the molecule is NCC(NC(=O)c1nc2ncc(Br)cn2n1)C1CC1. The number of amides is 1. The van der Waals surface area contributed by atoms with Crippen LogP contribution in [0.15, 0.2) is 16.9 Å². The molecule has 1 atom stereocenters. The first-order valence-electron chi connectivity index (χ1n) is 6.06. The van der Waals surface area contributed by atoms with E-state index in [1.54, 1.807) is 12.4 Å². The van der Waals surface area contributed by atoms with Crippen LogP contribution in [-0.4, -0.2) is 38.1 Å². The summed E-state index contributed by atoms with van der Waals surface area (Å²) in [5.74, 6) is 0.705. The van der Waals surface area contributed by atoms with Gasteiger partial charge in [0.05, 0.1) is 4.47 Å². The van der Waals surface area contributed by atoms with Crippen molar-refractivity contribution in [3.05, 3.63) is 22.7 Å². The van der Waals surface area contributed by atoms with E-state index in [0.717, 1.165) is 17.3 Å². The number of nitrogens with zero attached hydrogens (tertiary/aromatic N) is 4. The summed E-state index contributed by atoms with van der Waals surface area (Å²) in [5.41, 5.74) is 5.66. The molecular weight excluding hydrogens is 312 g/mol. The fourth-order valence-electron chi connectivity index (χ4n) is 1.96. The van der Waals surface area contributed by atoms with E-state index in [1.165, 1.54) is 4.52 Å². The molecule has 8 heteroatoms. The van der Waals surface area contributed by atoms with Crippen LogP contribution in [0.2, 0.25) is 0 Å². The number of halogens is 1. The number of carbonyl (C=O) groups excluding carboxylic acids is 1. The van der Waals surface area contributed by atoms with Crippen LogP contribution in [0.4, 0.5) is 0 Å². The third-order valence-corrected chi connectivity index (χ3v) is 3.54. The van der Waals surface area contributed by atoms with Gasteiger partial charge in [-0.2, -0.15) is 4.98 Å². The molecule has 3 rings (SSSR count). The first-order chi connectivity index (χ1) is 9.17. The minimum absolute atomic E-state index is 0.0128. The van der Waals surface area contributed by atoms with Gasteiger partial charge >= 0.3 is 0 Å². The summed E-state index contributed by atoms with van der Waals surface area (Å²) >= 11 is 3.29. The highest BCUT2D eigenvalue weighted by molar-refractivity contribution is 9.10. The van der Waals surface area contributed by atoms with E-state index in [0.29, 0.717) is 18.2 Å². The average Bonchev–Trinajstić information content (AvgIpc) is 3.15. The summed E-state index contributed by atoms with van der Waals surface area (Å²) in [4.78, 5) is 20.2. The van der Waals surface area contributed by atoms with Gasteiger partial charge < -0.3 is 11.1 Å². The number of hydrogen-bond acceptors (Lipinski definition) is 5. The number of aromatic nitrogens is 4. The van der Waals surface area contributed by atoms with Gasteiger partial charge in [-0.25, -0.2) is 9.50 Å². The van der Waals surface area contributed by atoms with Gasteiger partial charge in [0.1, 0.15) is 0 Å². The summed E-state index contributed by atoms with van der Waals surface area (Å²) in [6.45, 7) is 0.438. The number of rotatable bonds is 4. The van der Waals surface area contributed by atoms with Crippen molar-refractivity contribution in [2.24, 2.45) is 11.7 Å². The van der Waals surface area contributed by atoms with Crippen LogP contribution in [-0.2, 0) is 0 Å². The van der Waals surface area contributed by atoms with Crippen molar-refractivity contribution >= 4 is 27.6 Å². The Morgan fingerprint density at radius 1 is 1.63 bits per heavy atom. The van der Waals surface area contributed by atoms with Gasteiger partial charge in [-0.3, -0.25) is 4.79 Å². The molecule has 1 fully saturated rings. The van der Waals surface area contributed by atoms with Crippen LogP contribution in [0.1, 0.15) is 23.5 Å². The van der Waals surface area contributed by atoms with Crippen molar-refractivity contribution < 1.29 is 4.79 Å². The van der Waals surface area contributed by atoms with Gasteiger partial charge in [0, 0.05) is 25.0 Å². The second-order valence-corrected chi connectivity index (χ2v) is 5.52. The maximum atomic E-state index is 12.1. The number of fused-ring (bicyclic) bond motifs is 1. The van der Waals surface area contributed by atoms with Crippen LogP contribution in [0, 0.1) is 5.92 Å². The molecule has 19 heavy (non-hydrogen) atoms. The minimum atomic E-state index is -0.302. The molecule has 2 aromatic heterocycles. The Balaban J connectivity index is 1.80. The van der Waals surface area contributed by atoms with E-state index < -0.39 is 0 Å². The lowest BCUT2D eigenvalue weighted by molar-refractivity contribution is 0.0923. The van der Waals surface area contributed by atoms with E-state index in [-0.39, 0.29) is 17.8 Å². The van der Waals surface area contributed by atoms with E-state index in [9.17, 15) is 4.79 Å². The van der Waals surface area contributed by atoms with Crippen molar-refractivity contribution in [2.45, 2.75) is 18.9 Å². The molecule has 1 unspecified atom stereocenters. The molecule has 2 aromatic rings. The molecule has 1 saturated carbocycles. The summed E-state index contributed by atoms with van der Waals surface area (Å²) in [7, 11) is 0. The first-order valence-corrected chi connectivity index (χ1v) is 6.85. The Labute approximate surface area is 117 Å². The van der Waals surface area contributed by atoms with Crippen LogP contribution in [0.25, 0.3) is 5.78 Å². The Bertz CT molecular complexity index is 623. The van der Waals surface area contributed by atoms with Crippen molar-refractivity contribution in [1.82, 2.24) is 24.9 Å². The maximum Gasteiger partial charge on any atom is 0.291 e. The van der Waals surface area contributed by atoms with Gasteiger partial charge in [0.25, 0.3) is 11.7 Å². The Morgan fingerprint density at radius 3 is 3.11 bits per heavy atom. The summed E-state index contributed by atoms with van der Waals surface area (Å²) < 4.78 is 2.24. The molecule has 1 aliphatic rings. The highest BCUT2D eigenvalue weighted by Crippen LogP contribution is 2.32. The fourth-order valence-corrected chi connectivity index (χ4v) is 2.25. The second kappa shape index (κ2) is 4.86. The average molecular weight is 325 g/mol. The molecule has 0 saturated heterocycles. The second-order valence-electron chi connectivity index (χ2n) is 4.61. The topological polar surface area (TPSA) is 98.2 Å². The van der Waals surface area contributed by atoms with Crippen molar-refractivity contribution in [3.8, 4) is 0 Å². The van der Waals surface area contributed by atoms with Crippen molar-refractivity contribution in [2.75, 3.05) is 6.54 Å². The highest BCUT2D eigenvalue weighted by atomic mass is 79.9.